The van der Waals surface area contributed by atoms with E-state index in [9.17, 15) is 10.0 Å². The van der Waals surface area contributed by atoms with E-state index < -0.39 is 11.8 Å². The molecule has 0 spiro atoms. The summed E-state index contributed by atoms with van der Waals surface area (Å²) in [6.07, 6.45) is 0. The van der Waals surface area contributed by atoms with Gasteiger partial charge in [0.15, 0.2) is 0 Å². The van der Waals surface area contributed by atoms with Gasteiger partial charge in [-0.25, -0.2) is 5.48 Å². The Morgan fingerprint density at radius 3 is 2.19 bits per heavy atom. The molecule has 2 aliphatic heterocycles. The van der Waals surface area contributed by atoms with Crippen molar-refractivity contribution < 1.29 is 14.7 Å². The first-order chi connectivity index (χ1) is 15.2. The molecular weight excluding hydrogens is 392 g/mol. The number of amides is 1. The second kappa shape index (κ2) is 10.7. The molecule has 7 heteroatoms. The van der Waals surface area contributed by atoms with Crippen molar-refractivity contribution in [1.82, 2.24) is 15.3 Å². The maximum atomic E-state index is 12.5. The Kier molecular flexibility index (Phi) is 7.53. The van der Waals surface area contributed by atoms with E-state index in [1.807, 2.05) is 47.9 Å². The standard InChI is InChI=1S/C24H32N4O3/c29-24(25-30)23(20-5-2-1-3-6-20)21-7-4-8-22(19-21)28-13-11-26(12-14-28)9-10-27-15-17-31-18-16-27/h1-8,19,23,30H,9-18H2,(H,25,29). The van der Waals surface area contributed by atoms with Gasteiger partial charge >= 0.3 is 0 Å². The molecule has 0 radical (unpaired) electrons. The number of piperazine rings is 1. The molecule has 2 N–H and O–H groups in total. The number of ether oxygens (including phenoxy) is 1. The van der Waals surface area contributed by atoms with E-state index in [1.165, 1.54) is 0 Å². The highest BCUT2D eigenvalue weighted by atomic mass is 16.5. The second-order valence-corrected chi connectivity index (χ2v) is 8.20. The number of benzene rings is 2. The summed E-state index contributed by atoms with van der Waals surface area (Å²) in [5.41, 5.74) is 4.70. The molecular formula is C24H32N4O3. The van der Waals surface area contributed by atoms with Crippen LogP contribution in [0, 0.1) is 0 Å². The molecule has 166 valence electrons. The first-order valence-corrected chi connectivity index (χ1v) is 11.1. The van der Waals surface area contributed by atoms with Gasteiger partial charge in [0, 0.05) is 58.0 Å². The zero-order valence-corrected chi connectivity index (χ0v) is 17.9. The lowest BCUT2D eigenvalue weighted by molar-refractivity contribution is -0.129. The van der Waals surface area contributed by atoms with Gasteiger partial charge in [-0.3, -0.25) is 19.8 Å². The van der Waals surface area contributed by atoms with Crippen LogP contribution in [0.5, 0.6) is 0 Å². The van der Waals surface area contributed by atoms with Crippen LogP contribution in [0.4, 0.5) is 5.69 Å². The fraction of sp³-hybridized carbons (Fsp3) is 0.458. The Morgan fingerprint density at radius 2 is 1.52 bits per heavy atom. The van der Waals surface area contributed by atoms with E-state index >= 15 is 0 Å². The van der Waals surface area contributed by atoms with Gasteiger partial charge in [0.25, 0.3) is 5.91 Å². The number of hydrogen-bond acceptors (Lipinski definition) is 6. The number of nitrogens with zero attached hydrogens (tertiary/aromatic N) is 3. The molecule has 2 fully saturated rings. The average Bonchev–Trinajstić information content (AvgIpc) is 2.84. The molecule has 2 aliphatic rings. The zero-order chi connectivity index (χ0) is 21.5. The van der Waals surface area contributed by atoms with E-state index in [0.29, 0.717) is 0 Å². The van der Waals surface area contributed by atoms with Crippen LogP contribution >= 0.6 is 0 Å². The Balaban J connectivity index is 1.38. The van der Waals surface area contributed by atoms with Crippen LogP contribution in [0.3, 0.4) is 0 Å². The van der Waals surface area contributed by atoms with E-state index in [2.05, 4.69) is 26.8 Å². The summed E-state index contributed by atoms with van der Waals surface area (Å²) >= 11 is 0. The number of hydroxylamine groups is 1. The molecule has 1 amide bonds. The lowest BCUT2D eigenvalue weighted by Gasteiger charge is -2.37. The first-order valence-electron chi connectivity index (χ1n) is 11.1. The molecule has 1 unspecified atom stereocenters. The molecule has 0 aliphatic carbocycles. The Morgan fingerprint density at radius 1 is 0.871 bits per heavy atom. The number of carbonyl (C=O) groups excluding carboxylic acids is 1. The van der Waals surface area contributed by atoms with Crippen LogP contribution in [0.2, 0.25) is 0 Å². The molecule has 1 atom stereocenters. The number of anilines is 1. The molecule has 0 aromatic heterocycles. The van der Waals surface area contributed by atoms with E-state index in [0.717, 1.165) is 82.4 Å². The quantitative estimate of drug-likeness (QED) is 0.522. The Bertz CT molecular complexity index is 834. The predicted octanol–water partition coefficient (Wildman–Crippen LogP) is 1.78. The smallest absolute Gasteiger partial charge is 0.255 e. The topological polar surface area (TPSA) is 68.3 Å². The highest BCUT2D eigenvalue weighted by molar-refractivity contribution is 5.86. The van der Waals surface area contributed by atoms with Gasteiger partial charge in [0.05, 0.1) is 19.1 Å². The minimum atomic E-state index is -0.541. The summed E-state index contributed by atoms with van der Waals surface area (Å²) in [5.74, 6) is -0.961. The molecule has 4 rings (SSSR count). The Labute approximate surface area is 184 Å². The summed E-state index contributed by atoms with van der Waals surface area (Å²) in [5, 5.41) is 9.29. The van der Waals surface area contributed by atoms with Crippen molar-refractivity contribution in [3.63, 3.8) is 0 Å². The van der Waals surface area contributed by atoms with Gasteiger partial charge < -0.3 is 9.64 Å². The van der Waals surface area contributed by atoms with Crippen LogP contribution < -0.4 is 10.4 Å². The van der Waals surface area contributed by atoms with Gasteiger partial charge in [0.1, 0.15) is 0 Å². The minimum Gasteiger partial charge on any atom is -0.379 e. The monoisotopic (exact) mass is 424 g/mol. The molecule has 0 bridgehead atoms. The third-order valence-electron chi connectivity index (χ3n) is 6.28. The van der Waals surface area contributed by atoms with Crippen molar-refractivity contribution >= 4 is 11.6 Å². The maximum Gasteiger partial charge on any atom is 0.255 e. The number of morpholine rings is 1. The average molecular weight is 425 g/mol. The molecule has 7 nitrogen and oxygen atoms in total. The third-order valence-corrected chi connectivity index (χ3v) is 6.28. The molecule has 2 aromatic rings. The van der Waals surface area contributed by atoms with Gasteiger partial charge in [-0.15, -0.1) is 0 Å². The second-order valence-electron chi connectivity index (χ2n) is 8.20. The van der Waals surface area contributed by atoms with Crippen molar-refractivity contribution in [2.75, 3.05) is 70.5 Å². The third kappa shape index (κ3) is 5.62. The van der Waals surface area contributed by atoms with Crippen LogP contribution in [0.1, 0.15) is 17.0 Å². The molecule has 2 heterocycles. The summed E-state index contributed by atoms with van der Waals surface area (Å²) in [4.78, 5) is 19.8. The van der Waals surface area contributed by atoms with E-state index in [-0.39, 0.29) is 0 Å². The fourth-order valence-corrected chi connectivity index (χ4v) is 4.44. The highest BCUT2D eigenvalue weighted by Crippen LogP contribution is 2.28. The minimum absolute atomic E-state index is 0.420. The largest absolute Gasteiger partial charge is 0.379 e. The maximum absolute atomic E-state index is 12.5. The van der Waals surface area contributed by atoms with Crippen LogP contribution in [-0.4, -0.2) is 86.5 Å². The molecule has 2 aromatic carbocycles. The van der Waals surface area contributed by atoms with Crippen molar-refractivity contribution in [1.29, 1.82) is 0 Å². The lowest BCUT2D eigenvalue weighted by Crippen LogP contribution is -2.49. The van der Waals surface area contributed by atoms with Crippen molar-refractivity contribution in [2.24, 2.45) is 0 Å². The summed E-state index contributed by atoms with van der Waals surface area (Å²) in [7, 11) is 0. The normalized spacial score (nSPS) is 19.2. The summed E-state index contributed by atoms with van der Waals surface area (Å²) in [6.45, 7) is 9.98. The number of rotatable bonds is 7. The van der Waals surface area contributed by atoms with Crippen LogP contribution in [0.15, 0.2) is 54.6 Å². The molecule has 2 saturated heterocycles. The van der Waals surface area contributed by atoms with Crippen molar-refractivity contribution in [2.45, 2.75) is 5.92 Å². The van der Waals surface area contributed by atoms with Crippen LogP contribution in [-0.2, 0) is 9.53 Å². The highest BCUT2D eigenvalue weighted by Gasteiger charge is 2.24. The fourth-order valence-electron chi connectivity index (χ4n) is 4.44. The summed E-state index contributed by atoms with van der Waals surface area (Å²) in [6, 6.07) is 17.7. The van der Waals surface area contributed by atoms with E-state index in [1.54, 1.807) is 0 Å². The predicted molar refractivity (Wildman–Crippen MR) is 121 cm³/mol. The van der Waals surface area contributed by atoms with Crippen molar-refractivity contribution in [3.05, 3.63) is 65.7 Å². The molecule has 0 saturated carbocycles. The zero-order valence-electron chi connectivity index (χ0n) is 17.9. The van der Waals surface area contributed by atoms with E-state index in [4.69, 9.17) is 4.74 Å². The Hall–Kier alpha value is -2.45. The van der Waals surface area contributed by atoms with Gasteiger partial charge in [-0.05, 0) is 23.3 Å². The van der Waals surface area contributed by atoms with Crippen LogP contribution in [0.25, 0.3) is 0 Å². The first kappa shape index (κ1) is 21.8. The molecule has 31 heavy (non-hydrogen) atoms. The number of nitrogens with one attached hydrogen (secondary N) is 1. The SMILES string of the molecule is O=C(NO)C(c1ccccc1)c1cccc(N2CCN(CCN3CCOCC3)CC2)c1. The van der Waals surface area contributed by atoms with Crippen molar-refractivity contribution in [3.8, 4) is 0 Å². The number of carbonyl (C=O) groups is 1. The van der Waals surface area contributed by atoms with Gasteiger partial charge in [-0.1, -0.05) is 42.5 Å². The van der Waals surface area contributed by atoms with Gasteiger partial charge in [0.2, 0.25) is 0 Å². The summed E-state index contributed by atoms with van der Waals surface area (Å²) < 4.78 is 5.43. The van der Waals surface area contributed by atoms with Gasteiger partial charge in [-0.2, -0.15) is 0 Å². The lowest BCUT2D eigenvalue weighted by atomic mass is 9.90. The number of hydrogen-bond donors (Lipinski definition) is 2.